The Bertz CT molecular complexity index is 694. The first-order valence-corrected chi connectivity index (χ1v) is 12.5. The van der Waals surface area contributed by atoms with Crippen LogP contribution in [0.1, 0.15) is 85.0 Å². The fourth-order valence-corrected chi connectivity index (χ4v) is 5.01. The first kappa shape index (κ1) is 25.7. The monoisotopic (exact) mass is 467 g/mol. The third-order valence-corrected chi connectivity index (χ3v) is 6.60. The zero-order chi connectivity index (χ0) is 24.0. The number of hydrogen-bond acceptors (Lipinski definition) is 6. The molecule has 3 amide bonds. The average molecular weight is 468 g/mol. The van der Waals surface area contributed by atoms with Gasteiger partial charge in [-0.3, -0.25) is 9.59 Å². The van der Waals surface area contributed by atoms with E-state index in [-0.39, 0.29) is 24.0 Å². The number of methoxy groups -OCH3 is 1. The van der Waals surface area contributed by atoms with E-state index in [4.69, 9.17) is 14.2 Å². The first-order chi connectivity index (χ1) is 15.7. The second-order valence-electron chi connectivity index (χ2n) is 10.4. The van der Waals surface area contributed by atoms with Gasteiger partial charge in [-0.25, -0.2) is 4.79 Å². The second-order valence-corrected chi connectivity index (χ2v) is 10.4. The lowest BCUT2D eigenvalue weighted by atomic mass is 10.0. The van der Waals surface area contributed by atoms with Gasteiger partial charge in [-0.05, 0) is 65.7 Å². The van der Waals surface area contributed by atoms with Gasteiger partial charge in [0, 0.05) is 13.7 Å². The van der Waals surface area contributed by atoms with Crippen molar-refractivity contribution in [3.05, 3.63) is 0 Å². The summed E-state index contributed by atoms with van der Waals surface area (Å²) in [5.74, 6) is -0.393. The largest absolute Gasteiger partial charge is 0.444 e. The van der Waals surface area contributed by atoms with Crippen LogP contribution in [0.2, 0.25) is 0 Å². The summed E-state index contributed by atoms with van der Waals surface area (Å²) in [6.07, 6.45) is 7.16. The van der Waals surface area contributed by atoms with Crippen LogP contribution in [0.15, 0.2) is 0 Å². The standard InChI is InChI=1S/C24H41N3O6/c1-24(2,3)33-23(30)26-17-12-7-5-6-10-16-11-8-13-18(22(31-4)32-16)25-20(28)19-14-9-15-27(19)21(17)29/h16-19,22H,5-15H2,1-4H3,(H,25,28)(H,26,30)/t16?,17-,18?,19-,22?/m0/s1. The summed E-state index contributed by atoms with van der Waals surface area (Å²) in [7, 11) is 1.61. The van der Waals surface area contributed by atoms with Crippen LogP contribution in [-0.2, 0) is 23.8 Å². The SMILES string of the molecule is COC1OC2CCCCC[C@H](NC(=O)OC(C)(C)C)C(=O)N3CCC[C@H]3C(=O)NC1CCC2. The molecule has 3 unspecified atom stereocenters. The summed E-state index contributed by atoms with van der Waals surface area (Å²) in [4.78, 5) is 40.8. The molecule has 0 spiro atoms. The van der Waals surface area contributed by atoms with Crippen molar-refractivity contribution >= 4 is 17.9 Å². The number of fused-ring (bicyclic) bond motifs is 4. The predicted octanol–water partition coefficient (Wildman–Crippen LogP) is 2.86. The van der Waals surface area contributed by atoms with Crippen molar-refractivity contribution in [1.82, 2.24) is 15.5 Å². The van der Waals surface area contributed by atoms with Gasteiger partial charge < -0.3 is 29.7 Å². The quantitative estimate of drug-likeness (QED) is 0.647. The van der Waals surface area contributed by atoms with Gasteiger partial charge in [-0.15, -0.1) is 0 Å². The fourth-order valence-electron chi connectivity index (χ4n) is 5.01. The van der Waals surface area contributed by atoms with Gasteiger partial charge in [0.05, 0.1) is 12.1 Å². The average Bonchev–Trinajstić information content (AvgIpc) is 3.14. The molecule has 0 aromatic carbocycles. The summed E-state index contributed by atoms with van der Waals surface area (Å²) >= 11 is 0. The van der Waals surface area contributed by atoms with Gasteiger partial charge in [0.25, 0.3) is 0 Å². The molecule has 188 valence electrons. The molecule has 0 aromatic rings. The number of nitrogens with one attached hydrogen (secondary N) is 2. The Morgan fingerprint density at radius 1 is 1.03 bits per heavy atom. The maximum Gasteiger partial charge on any atom is 0.408 e. The van der Waals surface area contributed by atoms with Gasteiger partial charge in [-0.2, -0.15) is 0 Å². The van der Waals surface area contributed by atoms with Crippen LogP contribution in [0.25, 0.3) is 0 Å². The lowest BCUT2D eigenvalue weighted by Crippen LogP contribution is -2.56. The highest BCUT2D eigenvalue weighted by Gasteiger charge is 2.40. The Labute approximate surface area is 197 Å². The van der Waals surface area contributed by atoms with E-state index in [2.05, 4.69) is 10.6 Å². The summed E-state index contributed by atoms with van der Waals surface area (Å²) in [5.41, 5.74) is -0.654. The third-order valence-electron chi connectivity index (χ3n) is 6.60. The van der Waals surface area contributed by atoms with Gasteiger partial charge in [-0.1, -0.05) is 19.3 Å². The van der Waals surface area contributed by atoms with Gasteiger partial charge in [0.2, 0.25) is 11.8 Å². The van der Waals surface area contributed by atoms with Crippen molar-refractivity contribution < 1.29 is 28.6 Å². The number of nitrogens with zero attached hydrogens (tertiary/aromatic N) is 1. The smallest absolute Gasteiger partial charge is 0.408 e. The first-order valence-electron chi connectivity index (χ1n) is 12.5. The number of hydrogen-bond donors (Lipinski definition) is 2. The van der Waals surface area contributed by atoms with Crippen LogP contribution >= 0.6 is 0 Å². The zero-order valence-corrected chi connectivity index (χ0v) is 20.6. The maximum absolute atomic E-state index is 13.5. The molecule has 2 N–H and O–H groups in total. The maximum atomic E-state index is 13.5. The minimum absolute atomic E-state index is 0.0993. The van der Waals surface area contributed by atoms with E-state index in [9.17, 15) is 14.4 Å². The Morgan fingerprint density at radius 2 is 1.76 bits per heavy atom. The normalized spacial score (nSPS) is 32.2. The van der Waals surface area contributed by atoms with Crippen molar-refractivity contribution in [3.8, 4) is 0 Å². The second kappa shape index (κ2) is 11.5. The molecule has 3 saturated heterocycles. The lowest BCUT2D eigenvalue weighted by molar-refractivity contribution is -0.169. The Morgan fingerprint density at radius 3 is 2.48 bits per heavy atom. The van der Waals surface area contributed by atoms with Crippen LogP contribution < -0.4 is 10.6 Å². The van der Waals surface area contributed by atoms with Gasteiger partial charge >= 0.3 is 6.09 Å². The van der Waals surface area contributed by atoms with E-state index in [1.807, 2.05) is 0 Å². The minimum Gasteiger partial charge on any atom is -0.444 e. The van der Waals surface area contributed by atoms with Crippen molar-refractivity contribution in [2.45, 2.75) is 121 Å². The molecule has 9 nitrogen and oxygen atoms in total. The van der Waals surface area contributed by atoms with E-state index in [1.165, 1.54) is 0 Å². The van der Waals surface area contributed by atoms with Crippen molar-refractivity contribution in [2.24, 2.45) is 0 Å². The van der Waals surface area contributed by atoms with E-state index < -0.39 is 30.1 Å². The third kappa shape index (κ3) is 7.30. The van der Waals surface area contributed by atoms with Crippen LogP contribution in [-0.4, -0.2) is 72.6 Å². The van der Waals surface area contributed by atoms with E-state index in [0.29, 0.717) is 19.4 Å². The van der Waals surface area contributed by atoms with Crippen molar-refractivity contribution in [1.29, 1.82) is 0 Å². The molecule has 0 saturated carbocycles. The number of rotatable bonds is 2. The molecule has 2 bridgehead atoms. The zero-order valence-electron chi connectivity index (χ0n) is 20.6. The van der Waals surface area contributed by atoms with E-state index in [0.717, 1.165) is 51.4 Å². The van der Waals surface area contributed by atoms with Crippen molar-refractivity contribution in [3.63, 3.8) is 0 Å². The molecule has 3 fully saturated rings. The van der Waals surface area contributed by atoms with E-state index in [1.54, 1.807) is 32.8 Å². The molecule has 0 radical (unpaired) electrons. The molecule has 5 atom stereocenters. The van der Waals surface area contributed by atoms with Gasteiger partial charge in [0.1, 0.15) is 17.7 Å². The predicted molar refractivity (Wildman–Crippen MR) is 122 cm³/mol. The van der Waals surface area contributed by atoms with E-state index >= 15 is 0 Å². The summed E-state index contributed by atoms with van der Waals surface area (Å²) in [6, 6.07) is -1.51. The summed E-state index contributed by atoms with van der Waals surface area (Å²) in [6.45, 7) is 5.87. The highest BCUT2D eigenvalue weighted by molar-refractivity contribution is 5.92. The van der Waals surface area contributed by atoms with Crippen LogP contribution in [0.4, 0.5) is 4.79 Å². The molecule has 3 heterocycles. The van der Waals surface area contributed by atoms with Gasteiger partial charge in [0.15, 0.2) is 6.29 Å². The minimum atomic E-state index is -0.708. The molecular weight excluding hydrogens is 426 g/mol. The molecule has 0 aliphatic carbocycles. The number of carbonyl (C=O) groups is 3. The molecule has 3 rings (SSSR count). The molecule has 3 aliphatic heterocycles. The van der Waals surface area contributed by atoms with Crippen LogP contribution in [0, 0.1) is 0 Å². The Kier molecular flexibility index (Phi) is 8.98. The van der Waals surface area contributed by atoms with Crippen molar-refractivity contribution in [2.75, 3.05) is 13.7 Å². The van der Waals surface area contributed by atoms with Crippen LogP contribution in [0.5, 0.6) is 0 Å². The number of amides is 3. The highest BCUT2D eigenvalue weighted by Crippen LogP contribution is 2.26. The molecule has 0 aromatic heterocycles. The fraction of sp³-hybridized carbons (Fsp3) is 0.875. The molecule has 33 heavy (non-hydrogen) atoms. The summed E-state index contributed by atoms with van der Waals surface area (Å²) < 4.78 is 17.2. The Hall–Kier alpha value is -1.87. The number of ether oxygens (including phenoxy) is 3. The number of alkyl carbamates (subject to hydrolysis) is 1. The lowest BCUT2D eigenvalue weighted by Gasteiger charge is -2.31. The highest BCUT2D eigenvalue weighted by atomic mass is 16.7. The number of carbonyl (C=O) groups excluding carboxylic acids is 3. The summed E-state index contributed by atoms with van der Waals surface area (Å²) in [5, 5.41) is 5.87. The Balaban J connectivity index is 1.78. The van der Waals surface area contributed by atoms with Crippen LogP contribution in [0.3, 0.4) is 0 Å². The molecule has 9 heteroatoms. The topological polar surface area (TPSA) is 106 Å². The molecular formula is C24H41N3O6. The molecule has 3 aliphatic rings.